The van der Waals surface area contributed by atoms with Gasteiger partial charge in [-0.25, -0.2) is 9.38 Å². The van der Waals surface area contributed by atoms with Crippen molar-refractivity contribution in [3.63, 3.8) is 0 Å². The van der Waals surface area contributed by atoms with E-state index in [0.29, 0.717) is 11.3 Å². The summed E-state index contributed by atoms with van der Waals surface area (Å²) in [5.74, 6) is -1.03. The first-order chi connectivity index (χ1) is 15.5. The van der Waals surface area contributed by atoms with Crippen LogP contribution in [0.15, 0.2) is 88.6 Å². The first-order valence-electron chi connectivity index (χ1n) is 9.83. The molecule has 32 heavy (non-hydrogen) atoms. The molecule has 3 aromatic carbocycles. The molecule has 7 heteroatoms. The fraction of sp³-hybridized carbons (Fsp3) is 0. The SMILES string of the molecule is O=c1[nH]c(=S)n(-c2ccccc2F)c(O)c1/C=C1/C(c2ccccc2)=Nc2ccccc21. The van der Waals surface area contributed by atoms with Gasteiger partial charge < -0.3 is 5.11 Å². The Morgan fingerprint density at radius 1 is 0.969 bits per heavy atom. The van der Waals surface area contributed by atoms with Crippen LogP contribution in [-0.2, 0) is 0 Å². The van der Waals surface area contributed by atoms with E-state index in [-0.39, 0.29) is 16.0 Å². The molecule has 2 heterocycles. The molecular formula is C25H16FN3O2S. The van der Waals surface area contributed by atoms with E-state index in [0.717, 1.165) is 21.4 Å². The number of aromatic hydroxyl groups is 1. The number of hydrogen-bond acceptors (Lipinski definition) is 4. The number of hydrogen-bond donors (Lipinski definition) is 2. The highest BCUT2D eigenvalue weighted by atomic mass is 32.1. The summed E-state index contributed by atoms with van der Waals surface area (Å²) in [5.41, 5.74) is 3.21. The van der Waals surface area contributed by atoms with Crippen LogP contribution in [0, 0.1) is 10.6 Å². The minimum atomic E-state index is -0.581. The molecule has 2 N–H and O–H groups in total. The number of rotatable bonds is 3. The largest absolute Gasteiger partial charge is 0.494 e. The van der Waals surface area contributed by atoms with Crippen molar-refractivity contribution in [1.29, 1.82) is 0 Å². The van der Waals surface area contributed by atoms with Crippen molar-refractivity contribution in [2.75, 3.05) is 0 Å². The molecular weight excluding hydrogens is 425 g/mol. The highest BCUT2D eigenvalue weighted by Gasteiger charge is 2.24. The molecule has 0 fully saturated rings. The van der Waals surface area contributed by atoms with Crippen LogP contribution in [0.5, 0.6) is 5.88 Å². The normalized spacial score (nSPS) is 13.8. The Balaban J connectivity index is 1.77. The summed E-state index contributed by atoms with van der Waals surface area (Å²) in [6.45, 7) is 0. The Kier molecular flexibility index (Phi) is 4.88. The van der Waals surface area contributed by atoms with Crippen molar-refractivity contribution in [2.45, 2.75) is 0 Å². The number of nitrogens with zero attached hydrogens (tertiary/aromatic N) is 2. The second kappa shape index (κ2) is 7.86. The molecule has 0 atom stereocenters. The Hall–Kier alpha value is -4.10. The van der Waals surface area contributed by atoms with Gasteiger partial charge in [0, 0.05) is 16.7 Å². The van der Waals surface area contributed by atoms with E-state index in [4.69, 9.17) is 17.2 Å². The van der Waals surface area contributed by atoms with Crippen molar-refractivity contribution in [3.05, 3.63) is 116 Å². The van der Waals surface area contributed by atoms with Crippen LogP contribution in [0.4, 0.5) is 10.1 Å². The van der Waals surface area contributed by atoms with Crippen LogP contribution in [-0.4, -0.2) is 20.4 Å². The molecule has 4 aromatic rings. The molecule has 0 spiro atoms. The van der Waals surface area contributed by atoms with Gasteiger partial charge in [-0.1, -0.05) is 60.7 Å². The lowest BCUT2D eigenvalue weighted by Gasteiger charge is -2.13. The average molecular weight is 441 g/mol. The fourth-order valence-electron chi connectivity index (χ4n) is 3.74. The zero-order chi connectivity index (χ0) is 22.2. The summed E-state index contributed by atoms with van der Waals surface area (Å²) >= 11 is 5.21. The number of aromatic nitrogens is 2. The molecule has 156 valence electrons. The van der Waals surface area contributed by atoms with Gasteiger partial charge in [-0.05, 0) is 36.5 Å². The van der Waals surface area contributed by atoms with Gasteiger partial charge in [0.15, 0.2) is 4.77 Å². The summed E-state index contributed by atoms with van der Waals surface area (Å²) < 4.78 is 15.5. The zero-order valence-corrected chi connectivity index (χ0v) is 17.4. The molecule has 5 rings (SSSR count). The number of nitrogens with one attached hydrogen (secondary N) is 1. The van der Waals surface area contributed by atoms with E-state index in [2.05, 4.69) is 4.98 Å². The summed E-state index contributed by atoms with van der Waals surface area (Å²) in [4.78, 5) is 20.1. The van der Waals surface area contributed by atoms with Gasteiger partial charge in [0.2, 0.25) is 5.88 Å². The lowest BCUT2D eigenvalue weighted by Crippen LogP contribution is -2.17. The third-order valence-electron chi connectivity index (χ3n) is 5.23. The minimum absolute atomic E-state index is 0.0367. The predicted octanol–water partition coefficient (Wildman–Crippen LogP) is 5.41. The molecule has 0 unspecified atom stereocenters. The van der Waals surface area contributed by atoms with Crippen molar-refractivity contribution >= 4 is 35.3 Å². The Morgan fingerprint density at radius 2 is 1.66 bits per heavy atom. The van der Waals surface area contributed by atoms with E-state index in [1.165, 1.54) is 18.2 Å². The molecule has 0 saturated carbocycles. The number of aromatic amines is 1. The quantitative estimate of drug-likeness (QED) is 0.418. The molecule has 0 saturated heterocycles. The summed E-state index contributed by atoms with van der Waals surface area (Å²) in [6, 6.07) is 23.0. The van der Waals surface area contributed by atoms with E-state index < -0.39 is 17.3 Å². The maximum atomic E-state index is 14.4. The van der Waals surface area contributed by atoms with Crippen molar-refractivity contribution in [2.24, 2.45) is 4.99 Å². The second-order valence-corrected chi connectivity index (χ2v) is 7.57. The molecule has 1 aromatic heterocycles. The van der Waals surface area contributed by atoms with Crippen LogP contribution in [0.1, 0.15) is 16.7 Å². The summed E-state index contributed by atoms with van der Waals surface area (Å²) in [6.07, 6.45) is 1.57. The van der Waals surface area contributed by atoms with Crippen LogP contribution in [0.3, 0.4) is 0 Å². The topological polar surface area (TPSA) is 70.4 Å². The van der Waals surface area contributed by atoms with Crippen LogP contribution < -0.4 is 5.56 Å². The third kappa shape index (κ3) is 3.29. The first-order valence-corrected chi connectivity index (χ1v) is 10.2. The Bertz CT molecular complexity index is 1540. The number of para-hydroxylation sites is 2. The van der Waals surface area contributed by atoms with Gasteiger partial charge in [-0.2, -0.15) is 0 Å². The number of aliphatic imine (C=N–C) groups is 1. The Labute approximate surface area is 187 Å². The standard InChI is InChI=1S/C25H16FN3O2S/c26-19-11-5-7-13-21(19)29-24(31)18(23(30)28-25(29)32)14-17-16-10-4-6-12-20(16)27-22(17)15-8-2-1-3-9-15/h1-14,31H,(H,28,30,32)/b17-14+. The van der Waals surface area contributed by atoms with Crippen LogP contribution in [0.25, 0.3) is 17.3 Å². The van der Waals surface area contributed by atoms with Gasteiger partial charge >= 0.3 is 0 Å². The molecule has 0 amide bonds. The van der Waals surface area contributed by atoms with Crippen molar-refractivity contribution < 1.29 is 9.50 Å². The Morgan fingerprint density at radius 3 is 2.44 bits per heavy atom. The molecule has 0 radical (unpaired) electrons. The molecule has 5 nitrogen and oxygen atoms in total. The van der Waals surface area contributed by atoms with E-state index in [1.54, 1.807) is 12.1 Å². The number of halogens is 1. The number of benzene rings is 3. The van der Waals surface area contributed by atoms with Gasteiger partial charge in [0.25, 0.3) is 5.56 Å². The second-order valence-electron chi connectivity index (χ2n) is 7.18. The highest BCUT2D eigenvalue weighted by molar-refractivity contribution is 7.71. The summed E-state index contributed by atoms with van der Waals surface area (Å²) in [7, 11) is 0. The minimum Gasteiger partial charge on any atom is -0.494 e. The lowest BCUT2D eigenvalue weighted by atomic mass is 9.96. The monoisotopic (exact) mass is 441 g/mol. The molecule has 1 aliphatic rings. The molecule has 0 bridgehead atoms. The number of H-pyrrole nitrogens is 1. The zero-order valence-electron chi connectivity index (χ0n) is 16.6. The van der Waals surface area contributed by atoms with Gasteiger partial charge in [0.1, 0.15) is 11.4 Å². The van der Waals surface area contributed by atoms with E-state index in [9.17, 15) is 14.3 Å². The number of fused-ring (bicyclic) bond motifs is 1. The average Bonchev–Trinajstić information content (AvgIpc) is 3.17. The van der Waals surface area contributed by atoms with Gasteiger partial charge in [-0.3, -0.25) is 14.3 Å². The third-order valence-corrected chi connectivity index (χ3v) is 5.52. The van der Waals surface area contributed by atoms with Crippen LogP contribution in [0.2, 0.25) is 0 Å². The molecule has 1 aliphatic heterocycles. The summed E-state index contributed by atoms with van der Waals surface area (Å²) in [5, 5.41) is 11.0. The van der Waals surface area contributed by atoms with Crippen molar-refractivity contribution in [1.82, 2.24) is 9.55 Å². The fourth-order valence-corrected chi connectivity index (χ4v) is 4.02. The van der Waals surface area contributed by atoms with Gasteiger partial charge in [-0.15, -0.1) is 0 Å². The van der Waals surface area contributed by atoms with E-state index in [1.807, 2.05) is 54.6 Å². The predicted molar refractivity (Wildman–Crippen MR) is 126 cm³/mol. The van der Waals surface area contributed by atoms with Gasteiger partial charge in [0.05, 0.1) is 17.1 Å². The lowest BCUT2D eigenvalue weighted by molar-refractivity contribution is 0.429. The first kappa shape index (κ1) is 19.8. The van der Waals surface area contributed by atoms with E-state index >= 15 is 0 Å². The molecule has 0 aliphatic carbocycles. The van der Waals surface area contributed by atoms with Crippen LogP contribution >= 0.6 is 12.2 Å². The maximum Gasteiger partial charge on any atom is 0.262 e. The maximum absolute atomic E-state index is 14.4. The smallest absolute Gasteiger partial charge is 0.262 e. The number of allylic oxidation sites excluding steroid dienone is 1. The van der Waals surface area contributed by atoms with Crippen molar-refractivity contribution in [3.8, 4) is 11.6 Å². The highest BCUT2D eigenvalue weighted by Crippen LogP contribution is 2.38.